The van der Waals surface area contributed by atoms with E-state index in [4.69, 9.17) is 9.47 Å². The summed E-state index contributed by atoms with van der Waals surface area (Å²) in [5.41, 5.74) is 1.43. The van der Waals surface area contributed by atoms with Crippen LogP contribution < -0.4 is 10.1 Å². The summed E-state index contributed by atoms with van der Waals surface area (Å²) in [6, 6.07) is 29.5. The van der Waals surface area contributed by atoms with Crippen LogP contribution in [0.5, 0.6) is 5.75 Å². The number of benzene rings is 4. The fraction of sp³-hybridized carbons (Fsp3) is 0.161. The van der Waals surface area contributed by atoms with Crippen molar-refractivity contribution in [2.45, 2.75) is 17.1 Å². The molecule has 1 spiro atoms. The van der Waals surface area contributed by atoms with Crippen LogP contribution in [-0.2, 0) is 20.7 Å². The Kier molecular flexibility index (Phi) is 5.17. The predicted octanol–water partition coefficient (Wildman–Crippen LogP) is 4.51. The van der Waals surface area contributed by atoms with Gasteiger partial charge in [-0.3, -0.25) is 4.79 Å². The lowest BCUT2D eigenvalue weighted by molar-refractivity contribution is -0.123. The van der Waals surface area contributed by atoms with Crippen molar-refractivity contribution in [3.05, 3.63) is 125 Å². The maximum atomic E-state index is 14.0. The molecule has 0 saturated carbocycles. The highest BCUT2D eigenvalue weighted by atomic mass is 16.5. The van der Waals surface area contributed by atoms with Crippen LogP contribution in [0.1, 0.15) is 38.5 Å². The van der Waals surface area contributed by atoms with Gasteiger partial charge in [0.15, 0.2) is 5.72 Å². The molecule has 2 aliphatic rings. The van der Waals surface area contributed by atoms with Gasteiger partial charge in [0.25, 0.3) is 0 Å². The molecule has 3 unspecified atom stereocenters. The van der Waals surface area contributed by atoms with Gasteiger partial charge in [0.1, 0.15) is 5.75 Å². The number of hydrogen-bond acceptors (Lipinski definition) is 5. The Balaban J connectivity index is 1.76. The lowest BCUT2D eigenvalue weighted by atomic mass is 9.61. The van der Waals surface area contributed by atoms with Gasteiger partial charge in [-0.1, -0.05) is 78.9 Å². The summed E-state index contributed by atoms with van der Waals surface area (Å²) in [7, 11) is 2.93. The highest BCUT2D eigenvalue weighted by molar-refractivity contribution is 6.04. The zero-order valence-electron chi connectivity index (χ0n) is 20.4. The van der Waals surface area contributed by atoms with Gasteiger partial charge < -0.3 is 19.9 Å². The highest BCUT2D eigenvalue weighted by Crippen LogP contribution is 2.65. The topological polar surface area (TPSA) is 84.9 Å². The first-order valence-corrected chi connectivity index (χ1v) is 12.0. The number of amides is 1. The molecule has 1 amide bonds. The minimum Gasteiger partial charge on any atom is -0.497 e. The van der Waals surface area contributed by atoms with Gasteiger partial charge in [-0.15, -0.1) is 0 Å². The molecule has 4 aromatic carbocycles. The highest BCUT2D eigenvalue weighted by Gasteiger charge is 2.69. The lowest BCUT2D eigenvalue weighted by Crippen LogP contribution is -2.53. The Morgan fingerprint density at radius 1 is 0.838 bits per heavy atom. The molecule has 1 heterocycles. The van der Waals surface area contributed by atoms with Crippen LogP contribution >= 0.6 is 0 Å². The van der Waals surface area contributed by atoms with E-state index in [-0.39, 0.29) is 5.91 Å². The second-order valence-corrected chi connectivity index (χ2v) is 9.35. The second kappa shape index (κ2) is 8.32. The molecule has 2 N–H and O–H groups in total. The molecule has 1 fully saturated rings. The average Bonchev–Trinajstić information content (AvgIpc) is 3.38. The van der Waals surface area contributed by atoms with E-state index >= 15 is 0 Å². The molecule has 6 rings (SSSR count). The van der Waals surface area contributed by atoms with Crippen molar-refractivity contribution in [2.24, 2.45) is 0 Å². The monoisotopic (exact) mass is 491 g/mol. The van der Waals surface area contributed by atoms with Crippen LogP contribution in [0.25, 0.3) is 11.1 Å². The van der Waals surface area contributed by atoms with Crippen molar-refractivity contribution in [1.29, 1.82) is 0 Å². The van der Waals surface area contributed by atoms with Crippen LogP contribution in [0.2, 0.25) is 0 Å². The SMILES string of the molecule is COC(=O)c1cccc2c1-c1ccccc1C21C(c2ccc(OC)cc2)C(=O)NC1(O)c1ccccc1. The predicted molar refractivity (Wildman–Crippen MR) is 138 cm³/mol. The summed E-state index contributed by atoms with van der Waals surface area (Å²) >= 11 is 0. The van der Waals surface area contributed by atoms with Crippen LogP contribution in [0.15, 0.2) is 97.1 Å². The molecule has 3 atom stereocenters. The van der Waals surface area contributed by atoms with E-state index < -0.39 is 23.0 Å². The molecule has 184 valence electrons. The first-order chi connectivity index (χ1) is 18.0. The molecule has 6 nitrogen and oxygen atoms in total. The third kappa shape index (κ3) is 2.96. The van der Waals surface area contributed by atoms with Crippen LogP contribution in [0.4, 0.5) is 0 Å². The third-order valence-corrected chi connectivity index (χ3v) is 7.73. The van der Waals surface area contributed by atoms with Crippen molar-refractivity contribution in [3.63, 3.8) is 0 Å². The number of esters is 1. The normalized spacial score (nSPS) is 23.3. The van der Waals surface area contributed by atoms with Gasteiger partial charge in [0, 0.05) is 11.1 Å². The van der Waals surface area contributed by atoms with Crippen molar-refractivity contribution in [3.8, 4) is 16.9 Å². The number of carbonyl (C=O) groups is 2. The quantitative estimate of drug-likeness (QED) is 0.411. The largest absolute Gasteiger partial charge is 0.497 e. The Hall–Kier alpha value is -4.42. The molecule has 0 aromatic heterocycles. The molecule has 1 aliphatic carbocycles. The van der Waals surface area contributed by atoms with E-state index in [1.807, 2.05) is 84.9 Å². The summed E-state index contributed by atoms with van der Waals surface area (Å²) in [6.07, 6.45) is 0. The number of carbonyl (C=O) groups excluding carboxylic acids is 2. The smallest absolute Gasteiger partial charge is 0.338 e. The fourth-order valence-electron chi connectivity index (χ4n) is 6.27. The maximum absolute atomic E-state index is 14.0. The number of aliphatic hydroxyl groups is 1. The Labute approximate surface area is 214 Å². The van der Waals surface area contributed by atoms with Gasteiger partial charge in [0.05, 0.1) is 31.1 Å². The van der Waals surface area contributed by atoms with Crippen molar-refractivity contribution in [1.82, 2.24) is 5.32 Å². The van der Waals surface area contributed by atoms with Gasteiger partial charge in [-0.2, -0.15) is 0 Å². The van der Waals surface area contributed by atoms with Gasteiger partial charge in [0.2, 0.25) is 5.91 Å². The Morgan fingerprint density at radius 3 is 2.22 bits per heavy atom. The number of methoxy groups -OCH3 is 2. The zero-order valence-corrected chi connectivity index (χ0v) is 20.4. The summed E-state index contributed by atoms with van der Waals surface area (Å²) in [5, 5.41) is 15.7. The fourth-order valence-corrected chi connectivity index (χ4v) is 6.27. The van der Waals surface area contributed by atoms with E-state index in [1.54, 1.807) is 19.2 Å². The second-order valence-electron chi connectivity index (χ2n) is 9.35. The summed E-state index contributed by atoms with van der Waals surface area (Å²) in [6.45, 7) is 0. The lowest BCUT2D eigenvalue weighted by Gasteiger charge is -2.43. The van der Waals surface area contributed by atoms with E-state index in [1.165, 1.54) is 7.11 Å². The molecule has 4 aromatic rings. The molecule has 0 radical (unpaired) electrons. The van der Waals surface area contributed by atoms with E-state index in [0.29, 0.717) is 28.0 Å². The summed E-state index contributed by atoms with van der Waals surface area (Å²) in [5.74, 6) is -0.943. The number of rotatable bonds is 4. The number of nitrogens with one attached hydrogen (secondary N) is 1. The molecule has 37 heavy (non-hydrogen) atoms. The van der Waals surface area contributed by atoms with Crippen molar-refractivity contribution < 1.29 is 24.2 Å². The summed E-state index contributed by atoms with van der Waals surface area (Å²) in [4.78, 5) is 26.9. The minimum absolute atomic E-state index is 0.317. The van der Waals surface area contributed by atoms with Crippen molar-refractivity contribution >= 4 is 11.9 Å². The molecule has 6 heteroatoms. The van der Waals surface area contributed by atoms with Crippen LogP contribution in [-0.4, -0.2) is 31.2 Å². The van der Waals surface area contributed by atoms with E-state index in [2.05, 4.69) is 5.32 Å². The maximum Gasteiger partial charge on any atom is 0.338 e. The molecular weight excluding hydrogens is 466 g/mol. The van der Waals surface area contributed by atoms with E-state index in [0.717, 1.165) is 16.7 Å². The first-order valence-electron chi connectivity index (χ1n) is 12.0. The van der Waals surface area contributed by atoms with Crippen molar-refractivity contribution in [2.75, 3.05) is 14.2 Å². The minimum atomic E-state index is -1.81. The van der Waals surface area contributed by atoms with Gasteiger partial charge in [-0.05, 0) is 40.5 Å². The molecule has 1 aliphatic heterocycles. The first kappa shape index (κ1) is 23.0. The number of hydrogen-bond donors (Lipinski definition) is 2. The third-order valence-electron chi connectivity index (χ3n) is 7.73. The number of ether oxygens (including phenoxy) is 2. The number of fused-ring (bicyclic) bond motifs is 5. The Bertz CT molecular complexity index is 1530. The molecule has 0 bridgehead atoms. The molecular formula is C31H25NO5. The summed E-state index contributed by atoms with van der Waals surface area (Å²) < 4.78 is 10.5. The van der Waals surface area contributed by atoms with Crippen LogP contribution in [0, 0.1) is 0 Å². The van der Waals surface area contributed by atoms with E-state index in [9.17, 15) is 14.7 Å². The van der Waals surface area contributed by atoms with Gasteiger partial charge >= 0.3 is 5.97 Å². The van der Waals surface area contributed by atoms with Gasteiger partial charge in [-0.25, -0.2) is 4.79 Å². The zero-order chi connectivity index (χ0) is 25.8. The average molecular weight is 492 g/mol. The Morgan fingerprint density at radius 2 is 1.51 bits per heavy atom. The van der Waals surface area contributed by atoms with Crippen LogP contribution in [0.3, 0.4) is 0 Å². The molecule has 1 saturated heterocycles. The standard InChI is InChI=1S/C31H25NO5/c1-36-21-17-15-19(16-18-21)27-28(33)32-31(35,20-9-4-3-5-10-20)30(27)24-13-7-6-11-22(24)26-23(29(34)37-2)12-8-14-25(26)30/h3-18,27,35H,1-2H3,(H,32,33).